The molecule has 2 rings (SSSR count). The molecule has 0 saturated carbocycles. The minimum atomic E-state index is -0.281. The Kier molecular flexibility index (Phi) is 3.35. The van der Waals surface area contributed by atoms with Crippen LogP contribution >= 0.6 is 11.6 Å². The number of hydrogen-bond acceptors (Lipinski definition) is 2. The molecule has 0 spiro atoms. The predicted octanol–water partition coefficient (Wildman–Crippen LogP) is 4.23. The summed E-state index contributed by atoms with van der Waals surface area (Å²) in [5.74, 6) is 0.240. The van der Waals surface area contributed by atoms with Crippen LogP contribution in [0.25, 0.3) is 11.4 Å². The molecule has 94 valence electrons. The van der Waals surface area contributed by atoms with Gasteiger partial charge in [-0.05, 0) is 30.3 Å². The lowest BCUT2D eigenvalue weighted by Crippen LogP contribution is -2.14. The van der Waals surface area contributed by atoms with E-state index in [1.807, 2.05) is 0 Å². The lowest BCUT2D eigenvalue weighted by Gasteiger charge is -2.18. The van der Waals surface area contributed by atoms with Gasteiger partial charge in [0, 0.05) is 11.0 Å². The molecule has 4 heteroatoms. The SMILES string of the molecule is CC(C)(C)c1cc(Cl)nc(-c2ccc(F)cc2)n1. The summed E-state index contributed by atoms with van der Waals surface area (Å²) < 4.78 is 12.9. The van der Waals surface area contributed by atoms with Crippen molar-refractivity contribution in [2.24, 2.45) is 0 Å². The van der Waals surface area contributed by atoms with E-state index in [-0.39, 0.29) is 11.2 Å². The van der Waals surface area contributed by atoms with Gasteiger partial charge in [0.2, 0.25) is 0 Å². The summed E-state index contributed by atoms with van der Waals surface area (Å²) in [5.41, 5.74) is 1.51. The average molecular weight is 265 g/mol. The van der Waals surface area contributed by atoms with E-state index in [0.717, 1.165) is 11.3 Å². The molecule has 0 N–H and O–H groups in total. The minimum absolute atomic E-state index is 0.110. The van der Waals surface area contributed by atoms with Crippen LogP contribution in [0.4, 0.5) is 4.39 Å². The Bertz CT molecular complexity index is 559. The fourth-order valence-corrected chi connectivity index (χ4v) is 1.71. The Morgan fingerprint density at radius 3 is 2.22 bits per heavy atom. The van der Waals surface area contributed by atoms with Gasteiger partial charge in [-0.15, -0.1) is 0 Å². The number of halogens is 2. The zero-order valence-corrected chi connectivity index (χ0v) is 11.3. The maximum Gasteiger partial charge on any atom is 0.161 e. The summed E-state index contributed by atoms with van der Waals surface area (Å²) >= 11 is 6.01. The van der Waals surface area contributed by atoms with Gasteiger partial charge in [0.05, 0.1) is 5.69 Å². The molecule has 0 bridgehead atoms. The van der Waals surface area contributed by atoms with Crippen LogP contribution in [0.2, 0.25) is 5.15 Å². The van der Waals surface area contributed by atoms with Gasteiger partial charge < -0.3 is 0 Å². The monoisotopic (exact) mass is 264 g/mol. The van der Waals surface area contributed by atoms with Crippen LogP contribution in [0.5, 0.6) is 0 Å². The van der Waals surface area contributed by atoms with E-state index in [9.17, 15) is 4.39 Å². The molecule has 2 nitrogen and oxygen atoms in total. The van der Waals surface area contributed by atoms with E-state index in [0.29, 0.717) is 11.0 Å². The number of rotatable bonds is 1. The van der Waals surface area contributed by atoms with Crippen LogP contribution in [-0.4, -0.2) is 9.97 Å². The summed E-state index contributed by atoms with van der Waals surface area (Å²) in [6.07, 6.45) is 0. The molecule has 0 aliphatic carbocycles. The highest BCUT2D eigenvalue weighted by Gasteiger charge is 2.18. The Morgan fingerprint density at radius 1 is 1.06 bits per heavy atom. The number of benzene rings is 1. The Hall–Kier alpha value is -1.48. The van der Waals surface area contributed by atoms with Crippen LogP contribution in [0.15, 0.2) is 30.3 Å². The van der Waals surface area contributed by atoms with E-state index >= 15 is 0 Å². The van der Waals surface area contributed by atoms with Gasteiger partial charge in [0.1, 0.15) is 11.0 Å². The molecule has 0 saturated heterocycles. The molecular weight excluding hydrogens is 251 g/mol. The second kappa shape index (κ2) is 4.65. The summed E-state index contributed by atoms with van der Waals surface area (Å²) in [7, 11) is 0. The molecule has 0 radical (unpaired) electrons. The lowest BCUT2D eigenvalue weighted by molar-refractivity contribution is 0.568. The van der Waals surface area contributed by atoms with Crippen molar-refractivity contribution in [1.82, 2.24) is 9.97 Å². The highest BCUT2D eigenvalue weighted by Crippen LogP contribution is 2.25. The van der Waals surface area contributed by atoms with Crippen molar-refractivity contribution >= 4 is 11.6 Å². The van der Waals surface area contributed by atoms with Crippen molar-refractivity contribution in [3.63, 3.8) is 0 Å². The fourth-order valence-electron chi connectivity index (χ4n) is 1.53. The smallest absolute Gasteiger partial charge is 0.161 e. The van der Waals surface area contributed by atoms with Crippen LogP contribution in [0.1, 0.15) is 26.5 Å². The fraction of sp³-hybridized carbons (Fsp3) is 0.286. The summed E-state index contributed by atoms with van der Waals surface area (Å²) in [5, 5.41) is 0.397. The highest BCUT2D eigenvalue weighted by molar-refractivity contribution is 6.29. The van der Waals surface area contributed by atoms with E-state index in [2.05, 4.69) is 30.7 Å². The largest absolute Gasteiger partial charge is 0.232 e. The van der Waals surface area contributed by atoms with Crippen LogP contribution < -0.4 is 0 Å². The van der Waals surface area contributed by atoms with Crippen molar-refractivity contribution in [3.8, 4) is 11.4 Å². The van der Waals surface area contributed by atoms with Gasteiger partial charge in [0.25, 0.3) is 0 Å². The Balaban J connectivity index is 2.52. The molecule has 0 aliphatic rings. The first kappa shape index (κ1) is 13.0. The van der Waals surface area contributed by atoms with Crippen molar-refractivity contribution in [3.05, 3.63) is 47.0 Å². The maximum absolute atomic E-state index is 12.9. The Morgan fingerprint density at radius 2 is 1.67 bits per heavy atom. The van der Waals surface area contributed by atoms with E-state index in [4.69, 9.17) is 11.6 Å². The zero-order valence-electron chi connectivity index (χ0n) is 10.5. The lowest BCUT2D eigenvalue weighted by atomic mass is 9.92. The average Bonchev–Trinajstić information content (AvgIpc) is 2.28. The Labute approximate surface area is 111 Å². The molecule has 0 aliphatic heterocycles. The maximum atomic E-state index is 12.9. The topological polar surface area (TPSA) is 25.8 Å². The second-order valence-corrected chi connectivity index (χ2v) is 5.54. The van der Waals surface area contributed by atoms with Crippen molar-refractivity contribution < 1.29 is 4.39 Å². The molecule has 1 aromatic carbocycles. The quantitative estimate of drug-likeness (QED) is 0.720. The van der Waals surface area contributed by atoms with Crippen LogP contribution in [0.3, 0.4) is 0 Å². The van der Waals surface area contributed by atoms with Gasteiger partial charge in [-0.3, -0.25) is 0 Å². The molecule has 0 unspecified atom stereocenters. The molecule has 0 amide bonds. The molecule has 1 aromatic heterocycles. The normalized spacial score (nSPS) is 11.6. The van der Waals surface area contributed by atoms with Crippen molar-refractivity contribution in [1.29, 1.82) is 0 Å². The second-order valence-electron chi connectivity index (χ2n) is 5.16. The van der Waals surface area contributed by atoms with Gasteiger partial charge in [-0.1, -0.05) is 32.4 Å². The molecule has 0 atom stereocenters. The number of nitrogens with zero attached hydrogens (tertiary/aromatic N) is 2. The molecule has 18 heavy (non-hydrogen) atoms. The number of aromatic nitrogens is 2. The van der Waals surface area contributed by atoms with Gasteiger partial charge in [-0.25, -0.2) is 14.4 Å². The molecule has 0 fully saturated rings. The molecule has 2 aromatic rings. The van der Waals surface area contributed by atoms with Gasteiger partial charge >= 0.3 is 0 Å². The van der Waals surface area contributed by atoms with Crippen LogP contribution in [0, 0.1) is 5.82 Å². The summed E-state index contributed by atoms with van der Waals surface area (Å²) in [6, 6.07) is 7.82. The third kappa shape index (κ3) is 2.85. The highest BCUT2D eigenvalue weighted by atomic mass is 35.5. The van der Waals surface area contributed by atoms with E-state index < -0.39 is 0 Å². The van der Waals surface area contributed by atoms with Crippen LogP contribution in [-0.2, 0) is 5.41 Å². The zero-order chi connectivity index (χ0) is 13.3. The minimum Gasteiger partial charge on any atom is -0.232 e. The standard InChI is InChI=1S/C14H14ClFN2/c1-14(2,3)11-8-12(15)18-13(17-11)9-4-6-10(16)7-5-9/h4-8H,1-3H3. The van der Waals surface area contributed by atoms with Gasteiger partial charge in [-0.2, -0.15) is 0 Å². The summed E-state index contributed by atoms with van der Waals surface area (Å²) in [4.78, 5) is 8.67. The third-order valence-electron chi connectivity index (χ3n) is 2.57. The first-order chi connectivity index (χ1) is 8.36. The molecular formula is C14H14ClFN2. The first-order valence-electron chi connectivity index (χ1n) is 5.67. The summed E-state index contributed by atoms with van der Waals surface area (Å²) in [6.45, 7) is 6.17. The predicted molar refractivity (Wildman–Crippen MR) is 71.1 cm³/mol. The van der Waals surface area contributed by atoms with E-state index in [1.165, 1.54) is 12.1 Å². The molecule has 1 heterocycles. The first-order valence-corrected chi connectivity index (χ1v) is 6.05. The van der Waals surface area contributed by atoms with Gasteiger partial charge in [0.15, 0.2) is 5.82 Å². The third-order valence-corrected chi connectivity index (χ3v) is 2.76. The van der Waals surface area contributed by atoms with Crippen molar-refractivity contribution in [2.75, 3.05) is 0 Å². The van der Waals surface area contributed by atoms with E-state index in [1.54, 1.807) is 18.2 Å². The van der Waals surface area contributed by atoms with Crippen molar-refractivity contribution in [2.45, 2.75) is 26.2 Å². The number of hydrogen-bond donors (Lipinski definition) is 0.